The number of anilines is 1. The smallest absolute Gasteiger partial charge is 0.220 e. The van der Waals surface area contributed by atoms with Crippen LogP contribution in [0.15, 0.2) is 22.7 Å². The average molecular weight is 243 g/mol. The zero-order valence-electron chi connectivity index (χ0n) is 10.0. The summed E-state index contributed by atoms with van der Waals surface area (Å²) < 4.78 is 5.59. The Morgan fingerprint density at radius 2 is 2.22 bits per heavy atom. The second-order valence-electron chi connectivity index (χ2n) is 4.57. The van der Waals surface area contributed by atoms with Crippen molar-refractivity contribution in [2.75, 3.05) is 5.73 Å². The predicted octanol–water partition coefficient (Wildman–Crippen LogP) is 1.87. The van der Waals surface area contributed by atoms with Crippen LogP contribution in [-0.2, 0) is 6.42 Å². The lowest BCUT2D eigenvalue weighted by molar-refractivity contribution is 0.0958. The highest BCUT2D eigenvalue weighted by Crippen LogP contribution is 2.32. The number of nitrogens with zero attached hydrogens (tertiary/aromatic N) is 2. The molecule has 0 fully saturated rings. The van der Waals surface area contributed by atoms with Crippen molar-refractivity contribution >= 4 is 11.7 Å². The number of fused-ring (bicyclic) bond motifs is 1. The maximum Gasteiger partial charge on any atom is 0.220 e. The molecule has 1 aliphatic rings. The Morgan fingerprint density at radius 3 is 2.94 bits per heavy atom. The van der Waals surface area contributed by atoms with Crippen LogP contribution in [0, 0.1) is 6.92 Å². The minimum atomic E-state index is 0.0491. The molecular formula is C13H13N3O2. The molecule has 1 atom stereocenters. The van der Waals surface area contributed by atoms with Crippen molar-refractivity contribution in [3.8, 4) is 0 Å². The lowest BCUT2D eigenvalue weighted by Gasteiger charge is -2.20. The molecule has 0 saturated heterocycles. The zero-order chi connectivity index (χ0) is 12.7. The van der Waals surface area contributed by atoms with Crippen LogP contribution in [0.2, 0.25) is 0 Å². The molecule has 0 aliphatic heterocycles. The van der Waals surface area contributed by atoms with Crippen LogP contribution < -0.4 is 5.73 Å². The molecule has 0 unspecified atom stereocenters. The van der Waals surface area contributed by atoms with Gasteiger partial charge in [0.05, 0.1) is 11.3 Å². The van der Waals surface area contributed by atoms with Crippen LogP contribution in [0.1, 0.15) is 39.9 Å². The van der Waals surface area contributed by atoms with Gasteiger partial charge in [-0.25, -0.2) is 9.97 Å². The van der Waals surface area contributed by atoms with Crippen molar-refractivity contribution in [3.63, 3.8) is 0 Å². The number of furan rings is 1. The van der Waals surface area contributed by atoms with Crippen molar-refractivity contribution in [1.29, 1.82) is 0 Å². The Balaban J connectivity index is 1.98. The highest BCUT2D eigenvalue weighted by Gasteiger charge is 2.29. The lowest BCUT2D eigenvalue weighted by atomic mass is 9.85. The fourth-order valence-electron chi connectivity index (χ4n) is 2.33. The molecule has 2 aromatic heterocycles. The number of carbonyl (C=O) groups is 1. The third-order valence-electron chi connectivity index (χ3n) is 3.22. The van der Waals surface area contributed by atoms with Gasteiger partial charge in [0.2, 0.25) is 5.95 Å². The van der Waals surface area contributed by atoms with E-state index in [9.17, 15) is 4.79 Å². The lowest BCUT2D eigenvalue weighted by Crippen LogP contribution is -2.20. The maximum absolute atomic E-state index is 12.0. The van der Waals surface area contributed by atoms with Crippen molar-refractivity contribution in [3.05, 3.63) is 41.1 Å². The normalized spacial score (nSPS) is 18.7. The fraction of sp³-hybridized carbons (Fsp3) is 0.308. The van der Waals surface area contributed by atoms with Crippen molar-refractivity contribution in [1.82, 2.24) is 9.97 Å². The number of carbonyl (C=O) groups excluding carboxylic acids is 1. The van der Waals surface area contributed by atoms with E-state index in [0.29, 0.717) is 18.4 Å². The van der Waals surface area contributed by atoms with E-state index in [0.717, 1.165) is 17.2 Å². The molecule has 0 bridgehead atoms. The minimum absolute atomic E-state index is 0.0491. The quantitative estimate of drug-likeness (QED) is 0.826. The molecule has 2 heterocycles. The predicted molar refractivity (Wildman–Crippen MR) is 65.3 cm³/mol. The molecule has 0 radical (unpaired) electrons. The van der Waals surface area contributed by atoms with Crippen LogP contribution >= 0.6 is 0 Å². The van der Waals surface area contributed by atoms with Gasteiger partial charge in [0.1, 0.15) is 11.5 Å². The summed E-state index contributed by atoms with van der Waals surface area (Å²) in [6, 6.07) is 3.83. The molecule has 0 amide bonds. The fourth-order valence-corrected chi connectivity index (χ4v) is 2.33. The van der Waals surface area contributed by atoms with Gasteiger partial charge in [-0.15, -0.1) is 0 Å². The molecule has 5 nitrogen and oxygen atoms in total. The summed E-state index contributed by atoms with van der Waals surface area (Å²) in [7, 11) is 0. The molecule has 0 spiro atoms. The van der Waals surface area contributed by atoms with Crippen LogP contribution in [0.4, 0.5) is 5.95 Å². The third-order valence-corrected chi connectivity index (χ3v) is 3.22. The van der Waals surface area contributed by atoms with Gasteiger partial charge in [0.15, 0.2) is 5.78 Å². The average Bonchev–Trinajstić information content (AvgIpc) is 2.75. The highest BCUT2D eigenvalue weighted by atomic mass is 16.3. The van der Waals surface area contributed by atoms with E-state index in [1.807, 2.05) is 19.1 Å². The topological polar surface area (TPSA) is 82.0 Å². The van der Waals surface area contributed by atoms with Gasteiger partial charge in [-0.2, -0.15) is 0 Å². The number of nitrogen functional groups attached to an aromatic ring is 1. The number of hydrogen-bond donors (Lipinski definition) is 1. The molecule has 0 saturated carbocycles. The van der Waals surface area contributed by atoms with Gasteiger partial charge in [-0.1, -0.05) is 0 Å². The first kappa shape index (κ1) is 11.0. The molecule has 0 aromatic carbocycles. The second kappa shape index (κ2) is 3.94. The van der Waals surface area contributed by atoms with Gasteiger partial charge < -0.3 is 10.2 Å². The third kappa shape index (κ3) is 1.77. The van der Waals surface area contributed by atoms with E-state index < -0.39 is 0 Å². The minimum Gasteiger partial charge on any atom is -0.466 e. The van der Waals surface area contributed by atoms with E-state index in [-0.39, 0.29) is 17.6 Å². The van der Waals surface area contributed by atoms with E-state index >= 15 is 0 Å². The SMILES string of the molecule is Cc1ccc([C@@H]2CC(=O)c3cnc(N)nc3C2)o1. The summed E-state index contributed by atoms with van der Waals surface area (Å²) >= 11 is 0. The number of aromatic nitrogens is 2. The Kier molecular flexibility index (Phi) is 2.40. The van der Waals surface area contributed by atoms with Gasteiger partial charge in [-0.05, 0) is 19.1 Å². The van der Waals surface area contributed by atoms with E-state index in [1.165, 1.54) is 6.20 Å². The summed E-state index contributed by atoms with van der Waals surface area (Å²) in [6.45, 7) is 1.89. The maximum atomic E-state index is 12.0. The van der Waals surface area contributed by atoms with E-state index in [4.69, 9.17) is 10.2 Å². The molecular weight excluding hydrogens is 230 g/mol. The zero-order valence-corrected chi connectivity index (χ0v) is 10.0. The molecule has 92 valence electrons. The van der Waals surface area contributed by atoms with Gasteiger partial charge in [0, 0.05) is 25.0 Å². The number of rotatable bonds is 1. The Labute approximate surface area is 104 Å². The Bertz CT molecular complexity index is 618. The van der Waals surface area contributed by atoms with Crippen molar-refractivity contribution in [2.24, 2.45) is 0 Å². The van der Waals surface area contributed by atoms with Gasteiger partial charge in [0.25, 0.3) is 0 Å². The standard InChI is InChI=1S/C13H13N3O2/c1-7-2-3-12(18-7)8-4-10-9(11(17)5-8)6-15-13(14)16-10/h2-3,6,8H,4-5H2,1H3,(H2,14,15,16)/t8-/m0/s1. The van der Waals surface area contributed by atoms with E-state index in [1.54, 1.807) is 0 Å². The monoisotopic (exact) mass is 243 g/mol. The molecule has 2 N–H and O–H groups in total. The Hall–Kier alpha value is -2.17. The number of Topliss-reactive ketones (excluding diaryl/α,β-unsaturated/α-hetero) is 1. The largest absolute Gasteiger partial charge is 0.466 e. The highest BCUT2D eigenvalue weighted by molar-refractivity contribution is 5.98. The second-order valence-corrected chi connectivity index (χ2v) is 4.57. The molecule has 5 heteroatoms. The number of nitrogens with two attached hydrogens (primary N) is 1. The number of aryl methyl sites for hydroxylation is 1. The van der Waals surface area contributed by atoms with Crippen LogP contribution in [0.25, 0.3) is 0 Å². The van der Waals surface area contributed by atoms with E-state index in [2.05, 4.69) is 9.97 Å². The first-order chi connectivity index (χ1) is 8.63. The number of hydrogen-bond acceptors (Lipinski definition) is 5. The van der Waals surface area contributed by atoms with Crippen molar-refractivity contribution in [2.45, 2.75) is 25.7 Å². The summed E-state index contributed by atoms with van der Waals surface area (Å²) in [4.78, 5) is 20.0. The molecule has 18 heavy (non-hydrogen) atoms. The first-order valence-corrected chi connectivity index (χ1v) is 5.84. The summed E-state index contributed by atoms with van der Waals surface area (Å²) in [5.41, 5.74) is 6.87. The molecule has 1 aliphatic carbocycles. The first-order valence-electron chi connectivity index (χ1n) is 5.84. The Morgan fingerprint density at radius 1 is 1.39 bits per heavy atom. The summed E-state index contributed by atoms with van der Waals surface area (Å²) in [6.07, 6.45) is 2.62. The van der Waals surface area contributed by atoms with Crippen LogP contribution in [-0.4, -0.2) is 15.8 Å². The van der Waals surface area contributed by atoms with Crippen LogP contribution in [0.5, 0.6) is 0 Å². The summed E-state index contributed by atoms with van der Waals surface area (Å²) in [5, 5.41) is 0. The van der Waals surface area contributed by atoms with Crippen LogP contribution in [0.3, 0.4) is 0 Å². The molecule has 3 rings (SSSR count). The van der Waals surface area contributed by atoms with Gasteiger partial charge >= 0.3 is 0 Å². The van der Waals surface area contributed by atoms with Gasteiger partial charge in [-0.3, -0.25) is 4.79 Å². The number of ketones is 1. The summed E-state index contributed by atoms with van der Waals surface area (Å²) in [5.74, 6) is 2.00. The van der Waals surface area contributed by atoms with Crippen molar-refractivity contribution < 1.29 is 9.21 Å². The molecule has 2 aromatic rings.